The minimum absolute atomic E-state index is 0.111. The largest absolute Gasteiger partial charge is 0.379 e. The fraction of sp³-hybridized carbons (Fsp3) is 0.923. The smallest absolute Gasteiger partial charge is 0.260 e. The van der Waals surface area contributed by atoms with Gasteiger partial charge in [0.2, 0.25) is 0 Å². The van der Waals surface area contributed by atoms with Gasteiger partial charge in [-0.25, -0.2) is 4.39 Å². The number of carbonyl (C=O) groups is 1. The number of carbonyl (C=O) groups excluding carboxylic acids is 1. The third kappa shape index (κ3) is 2.03. The lowest BCUT2D eigenvalue weighted by molar-refractivity contribution is -0.146. The van der Waals surface area contributed by atoms with Crippen LogP contribution in [0.15, 0.2) is 0 Å². The first-order chi connectivity index (χ1) is 8.57. The normalized spacial score (nSPS) is 38.1. The van der Waals surface area contributed by atoms with Crippen LogP contribution in [0.4, 0.5) is 4.39 Å². The van der Waals surface area contributed by atoms with Gasteiger partial charge in [-0.05, 0) is 25.7 Å². The van der Waals surface area contributed by atoms with Gasteiger partial charge in [-0.3, -0.25) is 4.79 Å². The van der Waals surface area contributed by atoms with E-state index in [4.69, 9.17) is 9.47 Å². The van der Waals surface area contributed by atoms with Crippen LogP contribution in [0.1, 0.15) is 32.1 Å². The molecule has 102 valence electrons. The van der Waals surface area contributed by atoms with Crippen molar-refractivity contribution in [2.45, 2.75) is 49.5 Å². The zero-order valence-electron chi connectivity index (χ0n) is 10.8. The Morgan fingerprint density at radius 2 is 2.22 bits per heavy atom. The number of ether oxygens (including phenoxy) is 2. The predicted octanol–water partition coefficient (Wildman–Crippen LogP) is 1.28. The fourth-order valence-corrected chi connectivity index (χ4v) is 3.12. The van der Waals surface area contributed by atoms with E-state index in [0.717, 1.165) is 19.3 Å². The molecule has 1 aliphatic carbocycles. The van der Waals surface area contributed by atoms with Crippen LogP contribution in [0.2, 0.25) is 0 Å². The Bertz CT molecular complexity index is 358. The van der Waals surface area contributed by atoms with Crippen molar-refractivity contribution in [1.82, 2.24) is 4.90 Å². The summed E-state index contributed by atoms with van der Waals surface area (Å²) in [6.07, 6.45) is 3.52. The molecule has 0 radical (unpaired) electrons. The van der Waals surface area contributed by atoms with Crippen LogP contribution in [0, 0.1) is 0 Å². The molecule has 0 aromatic carbocycles. The van der Waals surface area contributed by atoms with E-state index in [2.05, 4.69) is 0 Å². The molecular formula is C13H20FNO3. The first kappa shape index (κ1) is 12.4. The Morgan fingerprint density at radius 1 is 1.44 bits per heavy atom. The highest BCUT2D eigenvalue weighted by molar-refractivity contribution is 5.88. The molecule has 4 nitrogen and oxygen atoms in total. The molecule has 18 heavy (non-hydrogen) atoms. The first-order valence-corrected chi connectivity index (χ1v) is 6.72. The van der Waals surface area contributed by atoms with Crippen LogP contribution in [0.3, 0.4) is 0 Å². The van der Waals surface area contributed by atoms with Crippen molar-refractivity contribution < 1.29 is 18.7 Å². The molecule has 0 N–H and O–H groups in total. The molecule has 2 aliphatic heterocycles. The monoisotopic (exact) mass is 257 g/mol. The van der Waals surface area contributed by atoms with Crippen molar-refractivity contribution in [3.05, 3.63) is 0 Å². The molecule has 3 rings (SSSR count). The Kier molecular flexibility index (Phi) is 2.86. The van der Waals surface area contributed by atoms with E-state index in [1.165, 1.54) is 0 Å². The molecule has 0 unspecified atom stereocenters. The van der Waals surface area contributed by atoms with Gasteiger partial charge in [0.25, 0.3) is 5.91 Å². The number of piperidine rings is 1. The van der Waals surface area contributed by atoms with E-state index in [9.17, 15) is 9.18 Å². The summed E-state index contributed by atoms with van der Waals surface area (Å²) in [6.45, 7) is 1.77. The topological polar surface area (TPSA) is 38.8 Å². The summed E-state index contributed by atoms with van der Waals surface area (Å²) in [5.41, 5.74) is -1.85. The molecule has 5 heteroatoms. The molecular weight excluding hydrogens is 237 g/mol. The van der Waals surface area contributed by atoms with Crippen molar-refractivity contribution >= 4 is 5.91 Å². The van der Waals surface area contributed by atoms with Gasteiger partial charge in [-0.2, -0.15) is 0 Å². The number of amides is 1. The number of likely N-dealkylation sites (tertiary alicyclic amines) is 1. The Hall–Kier alpha value is -0.680. The van der Waals surface area contributed by atoms with E-state index in [0.29, 0.717) is 32.5 Å². The quantitative estimate of drug-likeness (QED) is 0.748. The maximum Gasteiger partial charge on any atom is 0.260 e. The minimum atomic E-state index is -1.56. The second-order valence-corrected chi connectivity index (χ2v) is 5.85. The maximum atomic E-state index is 13.8. The van der Waals surface area contributed by atoms with Crippen molar-refractivity contribution in [3.63, 3.8) is 0 Å². The average molecular weight is 257 g/mol. The van der Waals surface area contributed by atoms with Gasteiger partial charge in [0.15, 0.2) is 5.67 Å². The molecule has 1 spiro atoms. The van der Waals surface area contributed by atoms with Crippen molar-refractivity contribution in [1.29, 1.82) is 0 Å². The summed E-state index contributed by atoms with van der Waals surface area (Å²) in [5, 5.41) is 0. The van der Waals surface area contributed by atoms with Gasteiger partial charge < -0.3 is 14.4 Å². The number of rotatable bonds is 2. The number of methoxy groups -OCH3 is 1. The van der Waals surface area contributed by atoms with Crippen molar-refractivity contribution in [3.8, 4) is 0 Å². The van der Waals surface area contributed by atoms with Crippen LogP contribution in [0.25, 0.3) is 0 Å². The molecule has 2 heterocycles. The lowest BCUT2D eigenvalue weighted by atomic mass is 9.89. The Labute approximate surface area is 106 Å². The molecule has 2 atom stereocenters. The number of hydrogen-bond acceptors (Lipinski definition) is 3. The Balaban J connectivity index is 1.67. The molecule has 2 saturated heterocycles. The number of alkyl halides is 1. The van der Waals surface area contributed by atoms with Crippen LogP contribution in [0.5, 0.6) is 0 Å². The predicted molar refractivity (Wildman–Crippen MR) is 63.0 cm³/mol. The SMILES string of the molecule is CO[C@@H]1CO[C@]2(CCCN(C(=O)C3(F)CC3)C2)C1. The van der Waals surface area contributed by atoms with Gasteiger partial charge in [-0.15, -0.1) is 0 Å². The lowest BCUT2D eigenvalue weighted by Gasteiger charge is -2.40. The van der Waals surface area contributed by atoms with Gasteiger partial charge in [0.05, 0.1) is 18.3 Å². The van der Waals surface area contributed by atoms with Crippen LogP contribution in [-0.2, 0) is 14.3 Å². The maximum absolute atomic E-state index is 13.8. The lowest BCUT2D eigenvalue weighted by Crippen LogP contribution is -2.52. The highest BCUT2D eigenvalue weighted by Gasteiger charge is 2.55. The first-order valence-electron chi connectivity index (χ1n) is 6.72. The van der Waals surface area contributed by atoms with E-state index in [1.54, 1.807) is 12.0 Å². The summed E-state index contributed by atoms with van der Waals surface area (Å²) < 4.78 is 25.0. The van der Waals surface area contributed by atoms with Crippen molar-refractivity contribution in [2.75, 3.05) is 26.8 Å². The van der Waals surface area contributed by atoms with Crippen LogP contribution in [-0.4, -0.2) is 55.0 Å². The molecule has 0 bridgehead atoms. The van der Waals surface area contributed by atoms with Crippen LogP contribution >= 0.6 is 0 Å². The fourth-order valence-electron chi connectivity index (χ4n) is 3.12. The van der Waals surface area contributed by atoms with E-state index >= 15 is 0 Å². The summed E-state index contributed by atoms with van der Waals surface area (Å²) >= 11 is 0. The summed E-state index contributed by atoms with van der Waals surface area (Å²) in [5.74, 6) is -0.328. The van der Waals surface area contributed by atoms with E-state index in [-0.39, 0.29) is 17.6 Å². The zero-order chi connectivity index (χ0) is 12.8. The number of nitrogens with zero attached hydrogens (tertiary/aromatic N) is 1. The van der Waals surface area contributed by atoms with Gasteiger partial charge >= 0.3 is 0 Å². The highest BCUT2D eigenvalue weighted by atomic mass is 19.1. The summed E-state index contributed by atoms with van der Waals surface area (Å²) in [4.78, 5) is 13.7. The zero-order valence-corrected chi connectivity index (χ0v) is 10.8. The molecule has 3 fully saturated rings. The van der Waals surface area contributed by atoms with E-state index in [1.807, 2.05) is 0 Å². The summed E-state index contributed by atoms with van der Waals surface area (Å²) in [6, 6.07) is 0. The second-order valence-electron chi connectivity index (χ2n) is 5.85. The number of halogens is 1. The van der Waals surface area contributed by atoms with Gasteiger partial charge in [0.1, 0.15) is 0 Å². The van der Waals surface area contributed by atoms with Crippen molar-refractivity contribution in [2.24, 2.45) is 0 Å². The average Bonchev–Trinajstić information content (AvgIpc) is 3.01. The standard InChI is InChI=1S/C13H20FNO3/c1-17-10-7-12(18-8-10)3-2-6-15(9-12)11(16)13(14)4-5-13/h10H,2-9H2,1H3/t10-,12+/m0/s1. The highest BCUT2D eigenvalue weighted by Crippen LogP contribution is 2.43. The molecule has 0 aromatic heterocycles. The van der Waals surface area contributed by atoms with Gasteiger partial charge in [-0.1, -0.05) is 0 Å². The molecule has 1 saturated carbocycles. The summed E-state index contributed by atoms with van der Waals surface area (Å²) in [7, 11) is 1.68. The minimum Gasteiger partial charge on any atom is -0.379 e. The Morgan fingerprint density at radius 3 is 2.83 bits per heavy atom. The number of hydrogen-bond donors (Lipinski definition) is 0. The third-order valence-electron chi connectivity index (χ3n) is 4.41. The van der Waals surface area contributed by atoms with Gasteiger partial charge in [0, 0.05) is 26.6 Å². The molecule has 1 amide bonds. The molecule has 3 aliphatic rings. The third-order valence-corrected chi connectivity index (χ3v) is 4.41. The molecule has 0 aromatic rings. The van der Waals surface area contributed by atoms with Crippen LogP contribution < -0.4 is 0 Å². The van der Waals surface area contributed by atoms with E-state index < -0.39 is 5.67 Å². The second kappa shape index (κ2) is 4.17.